The fourth-order valence-electron chi connectivity index (χ4n) is 9.02. The van der Waals surface area contributed by atoms with Gasteiger partial charge in [-0.1, -0.05) is 17.7 Å². The Morgan fingerprint density at radius 3 is 2.18 bits per heavy atom. The number of β-amino-alcohol motifs (C(OH)–C–C–N with tert-alkyl or cyclic N) is 1. The number of imide groups is 2. The zero-order chi connectivity index (χ0) is 39.3. The number of benzene rings is 3. The summed E-state index contributed by atoms with van der Waals surface area (Å²) in [5.41, 5.74) is 4.53. The highest BCUT2D eigenvalue weighted by atomic mass is 35.5. The van der Waals surface area contributed by atoms with E-state index < -0.39 is 35.3 Å². The molecule has 4 heterocycles. The van der Waals surface area contributed by atoms with Gasteiger partial charge in [0.2, 0.25) is 17.5 Å². The lowest BCUT2D eigenvalue weighted by atomic mass is 9.89. The van der Waals surface area contributed by atoms with Crippen LogP contribution in [0.1, 0.15) is 93.6 Å². The van der Waals surface area contributed by atoms with Gasteiger partial charge in [-0.15, -0.1) is 0 Å². The summed E-state index contributed by atoms with van der Waals surface area (Å²) in [7, 11) is 2.05. The Morgan fingerprint density at radius 1 is 0.946 bits per heavy atom. The van der Waals surface area contributed by atoms with Crippen molar-refractivity contribution in [3.63, 3.8) is 0 Å². The van der Waals surface area contributed by atoms with Crippen molar-refractivity contribution in [3.05, 3.63) is 98.9 Å². The normalized spacial score (nSPS) is 23.4. The molecule has 3 fully saturated rings. The molecule has 0 bridgehead atoms. The van der Waals surface area contributed by atoms with Crippen LogP contribution < -0.4 is 20.4 Å². The molecule has 14 heteroatoms. The molecule has 5 amide bonds. The number of amides is 5. The predicted octanol–water partition coefficient (Wildman–Crippen LogP) is 4.82. The van der Waals surface area contributed by atoms with Crippen molar-refractivity contribution < 1.29 is 29.1 Å². The fourth-order valence-corrected chi connectivity index (χ4v) is 9.24. The monoisotopic (exact) mass is 777 g/mol. The Kier molecular flexibility index (Phi) is 10.1. The van der Waals surface area contributed by atoms with Crippen LogP contribution in [-0.4, -0.2) is 94.9 Å². The van der Waals surface area contributed by atoms with Crippen molar-refractivity contribution in [3.8, 4) is 0 Å². The van der Waals surface area contributed by atoms with Crippen molar-refractivity contribution in [1.82, 2.24) is 20.4 Å². The van der Waals surface area contributed by atoms with E-state index in [1.54, 1.807) is 18.2 Å². The molecule has 3 N–H and O–H groups in total. The number of carbonyl (C=O) groups is 5. The number of carbonyl (C=O) groups excluding carboxylic acids is 5. The van der Waals surface area contributed by atoms with E-state index in [0.29, 0.717) is 67.9 Å². The highest BCUT2D eigenvalue weighted by molar-refractivity contribution is 6.33. The Hall–Kier alpha value is -5.29. The van der Waals surface area contributed by atoms with Crippen molar-refractivity contribution >= 4 is 58.2 Å². The third-order valence-corrected chi connectivity index (χ3v) is 12.6. The Morgan fingerprint density at radius 2 is 1.59 bits per heavy atom. The van der Waals surface area contributed by atoms with Gasteiger partial charge in [-0.3, -0.25) is 39.1 Å². The summed E-state index contributed by atoms with van der Waals surface area (Å²) >= 11 is 6.27. The van der Waals surface area contributed by atoms with Gasteiger partial charge < -0.3 is 20.2 Å². The average molecular weight is 778 g/mol. The molecule has 3 aromatic rings. The summed E-state index contributed by atoms with van der Waals surface area (Å²) < 4.78 is 0. The standard InChI is InChI=1S/C42H44ClN7O6/c1-44-35-12-11-31(21-34(35)43)47(2)29-9-5-28(6-10-29)45-38(52)25-3-7-30(8-4-25)49-17-15-42(56,16-18-49)24-48-22-26-19-32-33(20-27(26)23-48)41(55)50(40(32)54)36-13-14-37(51)46-39(36)53/h3-4,7-8,11-12,19-21,28-29,36,56H,5-6,9-10,13-18,22-24H2,2H3,(H,45,52)(H,46,51,53). The molecule has 13 nitrogen and oxygen atoms in total. The molecular weight excluding hydrogens is 734 g/mol. The van der Waals surface area contributed by atoms with Crippen LogP contribution in [-0.2, 0) is 22.7 Å². The number of fused-ring (bicyclic) bond motifs is 2. The number of halogens is 1. The Balaban J connectivity index is 0.801. The summed E-state index contributed by atoms with van der Waals surface area (Å²) in [5, 5.41) is 17.5. The molecule has 290 valence electrons. The van der Waals surface area contributed by atoms with Crippen LogP contribution in [0.5, 0.6) is 0 Å². The first-order chi connectivity index (χ1) is 26.9. The summed E-state index contributed by atoms with van der Waals surface area (Å²) in [6.45, 7) is 10.1. The van der Waals surface area contributed by atoms with Gasteiger partial charge >= 0.3 is 0 Å². The maximum Gasteiger partial charge on any atom is 0.262 e. The van der Waals surface area contributed by atoms with E-state index in [1.165, 1.54) is 0 Å². The van der Waals surface area contributed by atoms with Gasteiger partial charge in [0.15, 0.2) is 0 Å². The summed E-state index contributed by atoms with van der Waals surface area (Å²) in [5.74, 6) is -2.15. The minimum absolute atomic E-state index is 0.0731. The van der Waals surface area contributed by atoms with Crippen LogP contribution in [0.4, 0.5) is 17.1 Å². The number of nitrogens with zero attached hydrogens (tertiary/aromatic N) is 5. The first-order valence-corrected chi connectivity index (χ1v) is 19.7. The molecule has 56 heavy (non-hydrogen) atoms. The SMILES string of the molecule is [C-]#[N+]c1ccc(N(C)C2CCC(NC(=O)c3ccc(N4CCC(O)(CN5Cc6cc7c(cc6C5)C(=O)N(C5CCC(=O)NC5=O)C7=O)CC4)cc3)CC2)cc1Cl. The first kappa shape index (κ1) is 37.6. The summed E-state index contributed by atoms with van der Waals surface area (Å²) in [4.78, 5) is 74.9. The smallest absolute Gasteiger partial charge is 0.262 e. The van der Waals surface area contributed by atoms with E-state index in [-0.39, 0.29) is 35.9 Å². The van der Waals surface area contributed by atoms with Gasteiger partial charge in [-0.05, 0) is 105 Å². The van der Waals surface area contributed by atoms with Crippen LogP contribution in [0.15, 0.2) is 54.6 Å². The number of anilines is 2. The van der Waals surface area contributed by atoms with Gasteiger partial charge in [0.25, 0.3) is 17.7 Å². The minimum Gasteiger partial charge on any atom is -0.388 e. The quantitative estimate of drug-likeness (QED) is 0.217. The van der Waals surface area contributed by atoms with Gasteiger partial charge in [-0.2, -0.15) is 0 Å². The van der Waals surface area contributed by atoms with Crippen LogP contribution >= 0.6 is 11.6 Å². The number of hydrogen-bond acceptors (Lipinski definition) is 9. The van der Waals surface area contributed by atoms with Crippen LogP contribution in [0.2, 0.25) is 5.02 Å². The molecule has 0 aromatic heterocycles. The van der Waals surface area contributed by atoms with E-state index in [0.717, 1.165) is 53.1 Å². The molecule has 2 saturated heterocycles. The van der Waals surface area contributed by atoms with Crippen molar-refractivity contribution in [2.45, 2.75) is 88.2 Å². The predicted molar refractivity (Wildman–Crippen MR) is 210 cm³/mol. The third kappa shape index (κ3) is 7.24. The highest BCUT2D eigenvalue weighted by Gasteiger charge is 2.46. The number of hydrogen-bond donors (Lipinski definition) is 3. The molecule has 1 aliphatic carbocycles. The van der Waals surface area contributed by atoms with E-state index in [9.17, 15) is 29.1 Å². The maximum absolute atomic E-state index is 13.3. The van der Waals surface area contributed by atoms with E-state index in [2.05, 4.69) is 30.2 Å². The molecule has 0 radical (unpaired) electrons. The van der Waals surface area contributed by atoms with E-state index in [4.69, 9.17) is 18.2 Å². The highest BCUT2D eigenvalue weighted by Crippen LogP contribution is 2.36. The zero-order valence-electron chi connectivity index (χ0n) is 31.2. The molecule has 8 rings (SSSR count). The zero-order valence-corrected chi connectivity index (χ0v) is 32.0. The number of aliphatic hydroxyl groups is 1. The van der Waals surface area contributed by atoms with Gasteiger partial charge in [0.05, 0.1) is 23.3 Å². The van der Waals surface area contributed by atoms with Gasteiger partial charge in [0.1, 0.15) is 6.04 Å². The van der Waals surface area contributed by atoms with Crippen molar-refractivity contribution in [1.29, 1.82) is 0 Å². The molecule has 0 spiro atoms. The maximum atomic E-state index is 13.3. The number of piperidine rings is 2. The van der Waals surface area contributed by atoms with Crippen LogP contribution in [0.25, 0.3) is 4.85 Å². The Bertz CT molecular complexity index is 2110. The van der Waals surface area contributed by atoms with E-state index >= 15 is 0 Å². The summed E-state index contributed by atoms with van der Waals surface area (Å²) in [6.07, 6.45) is 4.94. The van der Waals surface area contributed by atoms with E-state index in [1.807, 2.05) is 43.4 Å². The number of nitrogens with one attached hydrogen (secondary N) is 2. The molecule has 4 aliphatic heterocycles. The molecule has 1 atom stereocenters. The topological polar surface area (TPSA) is 147 Å². The lowest BCUT2D eigenvalue weighted by Gasteiger charge is -2.41. The first-order valence-electron chi connectivity index (χ1n) is 19.3. The second-order valence-corrected chi connectivity index (χ2v) is 16.3. The molecule has 1 unspecified atom stereocenters. The second-order valence-electron chi connectivity index (χ2n) is 15.9. The van der Waals surface area contributed by atoms with Gasteiger partial charge in [-0.25, -0.2) is 4.85 Å². The minimum atomic E-state index is -0.997. The largest absolute Gasteiger partial charge is 0.388 e. The molecule has 1 saturated carbocycles. The number of rotatable bonds is 8. The summed E-state index contributed by atoms with van der Waals surface area (Å²) in [6, 6.07) is 16.1. The average Bonchev–Trinajstić information content (AvgIpc) is 3.69. The Labute approximate surface area is 330 Å². The third-order valence-electron chi connectivity index (χ3n) is 12.3. The lowest BCUT2D eigenvalue weighted by molar-refractivity contribution is -0.136. The van der Waals surface area contributed by atoms with Crippen LogP contribution in [0, 0.1) is 6.57 Å². The van der Waals surface area contributed by atoms with Crippen LogP contribution in [0.3, 0.4) is 0 Å². The molecule has 3 aromatic carbocycles. The van der Waals surface area contributed by atoms with Crippen molar-refractivity contribution in [2.24, 2.45) is 0 Å². The second kappa shape index (κ2) is 15.0. The van der Waals surface area contributed by atoms with Gasteiger partial charge in [0, 0.05) is 80.2 Å². The fraction of sp³-hybridized carbons (Fsp3) is 0.429. The molecular formula is C42H44ClN7O6. The molecule has 5 aliphatic rings. The van der Waals surface area contributed by atoms with Crippen molar-refractivity contribution in [2.75, 3.05) is 36.5 Å². The lowest BCUT2D eigenvalue weighted by Crippen LogP contribution is -2.54.